The first-order chi connectivity index (χ1) is 34.9. The molecule has 0 bridgehead atoms. The Morgan fingerprint density at radius 1 is 0.222 bits per heavy atom. The van der Waals surface area contributed by atoms with Crippen molar-refractivity contribution in [1.29, 1.82) is 0 Å². The van der Waals surface area contributed by atoms with Gasteiger partial charge in [0.15, 0.2) is 23.0 Å². The van der Waals surface area contributed by atoms with Crippen LogP contribution >= 0.6 is 0 Å². The highest BCUT2D eigenvalue weighted by Gasteiger charge is 2.28. The summed E-state index contributed by atoms with van der Waals surface area (Å²) in [5.41, 5.74) is 10.4. The molecule has 7 N–H and O–H groups in total. The molecule has 0 saturated carbocycles. The first kappa shape index (κ1) is 46.3. The highest BCUT2D eigenvalue weighted by molar-refractivity contribution is 6.44. The molecular weight excluding hydrogens is 893 g/mol. The van der Waals surface area contributed by atoms with E-state index in [1.54, 1.807) is 9.80 Å². The van der Waals surface area contributed by atoms with Crippen molar-refractivity contribution in [2.45, 2.75) is 0 Å². The van der Waals surface area contributed by atoms with Gasteiger partial charge in [-0.15, -0.1) is 0 Å². The lowest BCUT2D eigenvalue weighted by Crippen LogP contribution is -2.23. The van der Waals surface area contributed by atoms with Gasteiger partial charge in [-0.25, -0.2) is 0 Å². The van der Waals surface area contributed by atoms with Crippen molar-refractivity contribution in [1.82, 2.24) is 0 Å². The van der Waals surface area contributed by atoms with Crippen molar-refractivity contribution in [2.24, 2.45) is 0 Å². The average Bonchev–Trinajstić information content (AvgIpc) is 3.44. The van der Waals surface area contributed by atoms with E-state index in [1.165, 1.54) is 0 Å². The lowest BCUT2D eigenvalue weighted by molar-refractivity contribution is 0.365. The van der Waals surface area contributed by atoms with Crippen LogP contribution in [0.25, 0.3) is 55.6 Å². The van der Waals surface area contributed by atoms with Crippen molar-refractivity contribution in [3.63, 3.8) is 0 Å². The van der Waals surface area contributed by atoms with Gasteiger partial charge in [0.05, 0.1) is 5.69 Å². The summed E-state index contributed by atoms with van der Waals surface area (Å²) in [6, 6.07) is 66.2. The molecule has 0 aliphatic carbocycles. The summed E-state index contributed by atoms with van der Waals surface area (Å²) in [5.74, 6) is -4.89. The molecule has 12 heteroatoms. The van der Waals surface area contributed by atoms with E-state index in [1.807, 2.05) is 194 Å². The predicted octanol–water partition coefficient (Wildman–Crippen LogP) is 11.3. The molecule has 10 rings (SSSR count). The number of rotatable bonds is 11. The molecule has 0 aromatic heterocycles. The van der Waals surface area contributed by atoms with Crippen LogP contribution in [0.5, 0.6) is 40.2 Å². The fourth-order valence-corrected chi connectivity index (χ4v) is 8.92. The standard InChI is InChI=1S/C60H41B3N2O7/c61-49-52(54(66)50(62)57(69)56(49)68)64(45-25-17-37(18-26-45)35-9-3-1-4-10-35)46-29-21-39(22-30-46)41-13-7-15-43(33-41)44-16-8-14-42(34-44)40-23-31-48(32-24-40)65(53-55(67)51(63)58(70)60(72)59(53)71)47-27-19-38(20-28-47)36-11-5-2-6-12-36/h1-34,66-72H. The van der Waals surface area contributed by atoms with Gasteiger partial charge in [-0.3, -0.25) is 0 Å². The maximum absolute atomic E-state index is 11.3. The molecular formula is C60H41B3N2O7. The molecule has 9 nitrogen and oxygen atoms in total. The van der Waals surface area contributed by atoms with E-state index in [4.69, 9.17) is 23.5 Å². The van der Waals surface area contributed by atoms with Gasteiger partial charge in [0.25, 0.3) is 0 Å². The first-order valence-electron chi connectivity index (χ1n) is 22.8. The molecule has 0 spiro atoms. The third-order valence-corrected chi connectivity index (χ3v) is 12.8. The molecule has 6 radical (unpaired) electrons. The van der Waals surface area contributed by atoms with Crippen LogP contribution in [0.15, 0.2) is 206 Å². The minimum atomic E-state index is -0.862. The van der Waals surface area contributed by atoms with Gasteiger partial charge in [0, 0.05) is 22.7 Å². The minimum Gasteiger partial charge on any atom is -0.506 e. The number of hydrogen-bond donors (Lipinski definition) is 7. The summed E-state index contributed by atoms with van der Waals surface area (Å²) < 4.78 is 0. The molecule has 0 aliphatic rings. The van der Waals surface area contributed by atoms with Crippen molar-refractivity contribution in [2.75, 3.05) is 9.80 Å². The van der Waals surface area contributed by atoms with Crippen LogP contribution in [0.1, 0.15) is 0 Å². The van der Waals surface area contributed by atoms with Crippen LogP contribution in [-0.2, 0) is 0 Å². The van der Waals surface area contributed by atoms with Gasteiger partial charge >= 0.3 is 0 Å². The highest BCUT2D eigenvalue weighted by atomic mass is 16.3. The lowest BCUT2D eigenvalue weighted by Gasteiger charge is -2.30. The normalized spacial score (nSPS) is 11.1. The Balaban J connectivity index is 0.956. The van der Waals surface area contributed by atoms with Crippen molar-refractivity contribution in [3.8, 4) is 95.9 Å². The van der Waals surface area contributed by atoms with Crippen molar-refractivity contribution >= 4 is 74.1 Å². The Hall–Kier alpha value is -9.41. The molecule has 0 fully saturated rings. The average molecular weight is 934 g/mol. The molecule has 0 amide bonds. The number of anilines is 6. The lowest BCUT2D eigenvalue weighted by atomic mass is 9.83. The van der Waals surface area contributed by atoms with Crippen molar-refractivity contribution in [3.05, 3.63) is 206 Å². The third-order valence-electron chi connectivity index (χ3n) is 12.8. The molecule has 10 aromatic carbocycles. The second-order valence-electron chi connectivity index (χ2n) is 17.1. The first-order valence-corrected chi connectivity index (χ1v) is 22.8. The van der Waals surface area contributed by atoms with E-state index in [2.05, 4.69) is 12.1 Å². The van der Waals surface area contributed by atoms with Crippen LogP contribution in [0, 0.1) is 0 Å². The summed E-state index contributed by atoms with van der Waals surface area (Å²) in [6.45, 7) is 0. The van der Waals surface area contributed by atoms with E-state index in [-0.39, 0.29) is 16.8 Å². The molecule has 10 aromatic rings. The summed E-state index contributed by atoms with van der Waals surface area (Å²) in [4.78, 5) is 3.23. The fraction of sp³-hybridized carbons (Fsp3) is 0. The fourth-order valence-electron chi connectivity index (χ4n) is 8.92. The smallest absolute Gasteiger partial charge is 0.202 e. The third kappa shape index (κ3) is 8.56. The number of hydrogen-bond acceptors (Lipinski definition) is 9. The number of phenols is 7. The van der Waals surface area contributed by atoms with Gasteiger partial charge in [-0.05, 0) is 133 Å². The van der Waals surface area contributed by atoms with E-state index in [0.717, 1.165) is 55.6 Å². The molecule has 0 aliphatic heterocycles. The quantitative estimate of drug-likeness (QED) is 0.0382. The zero-order chi connectivity index (χ0) is 50.2. The number of benzene rings is 10. The van der Waals surface area contributed by atoms with Gasteiger partial charge in [-0.2, -0.15) is 0 Å². The highest BCUT2D eigenvalue weighted by Crippen LogP contribution is 2.51. The monoisotopic (exact) mass is 934 g/mol. The maximum Gasteiger partial charge on any atom is 0.202 e. The maximum atomic E-state index is 11.3. The Kier molecular flexibility index (Phi) is 12.3. The van der Waals surface area contributed by atoms with Gasteiger partial charge in [0.1, 0.15) is 40.7 Å². The Morgan fingerprint density at radius 3 is 0.861 bits per heavy atom. The zero-order valence-electron chi connectivity index (χ0n) is 38.4. The Morgan fingerprint density at radius 2 is 0.486 bits per heavy atom. The largest absolute Gasteiger partial charge is 0.506 e. The number of aromatic hydroxyl groups is 7. The molecule has 0 unspecified atom stereocenters. The molecule has 342 valence electrons. The van der Waals surface area contributed by atoms with Crippen LogP contribution in [0.3, 0.4) is 0 Å². The zero-order valence-corrected chi connectivity index (χ0v) is 38.4. The second kappa shape index (κ2) is 19.2. The second-order valence-corrected chi connectivity index (χ2v) is 17.1. The van der Waals surface area contributed by atoms with Gasteiger partial charge < -0.3 is 45.5 Å². The number of phenolic OH excluding ortho intramolecular Hbond substituents is 7. The topological polar surface area (TPSA) is 148 Å². The molecule has 0 atom stereocenters. The summed E-state index contributed by atoms with van der Waals surface area (Å²) in [5, 5.41) is 75.9. The molecule has 0 saturated heterocycles. The van der Waals surface area contributed by atoms with E-state index in [9.17, 15) is 35.7 Å². The van der Waals surface area contributed by atoms with Gasteiger partial charge in [0.2, 0.25) is 5.75 Å². The van der Waals surface area contributed by atoms with Crippen LogP contribution in [0.4, 0.5) is 34.1 Å². The SMILES string of the molecule is [B]c1c(O)c(O)c([B])c(N(c2ccc(-c3ccccc3)cc2)c2ccc(-c3cccc(-c4cccc(-c5ccc(N(c6ccc(-c7ccccc7)cc6)c6c(O)c([B])c(O)c(O)c6O)cc5)c4)c3)cc2)c1O. The summed E-state index contributed by atoms with van der Waals surface area (Å²) >= 11 is 0. The molecule has 0 heterocycles. The summed E-state index contributed by atoms with van der Waals surface area (Å²) in [7, 11) is 18.5. The Labute approximate surface area is 419 Å². The Bertz CT molecular complexity index is 3320. The summed E-state index contributed by atoms with van der Waals surface area (Å²) in [6.07, 6.45) is 0. The predicted molar refractivity (Wildman–Crippen MR) is 291 cm³/mol. The molecule has 72 heavy (non-hydrogen) atoms. The van der Waals surface area contributed by atoms with Crippen LogP contribution in [0.2, 0.25) is 0 Å². The van der Waals surface area contributed by atoms with E-state index >= 15 is 0 Å². The van der Waals surface area contributed by atoms with E-state index in [0.29, 0.717) is 22.7 Å². The number of nitrogens with zero attached hydrogens (tertiary/aromatic N) is 2. The van der Waals surface area contributed by atoms with E-state index < -0.39 is 51.2 Å². The van der Waals surface area contributed by atoms with Gasteiger partial charge in [-0.1, -0.05) is 146 Å². The van der Waals surface area contributed by atoms with Crippen molar-refractivity contribution < 1.29 is 35.7 Å². The minimum absolute atomic E-state index is 0.00656. The van der Waals surface area contributed by atoms with Crippen LogP contribution in [-0.4, -0.2) is 59.3 Å². The van der Waals surface area contributed by atoms with Crippen LogP contribution < -0.4 is 26.2 Å².